The van der Waals surface area contributed by atoms with Gasteiger partial charge in [-0.05, 0) is 43.0 Å². The molecule has 2 aromatic carbocycles. The monoisotopic (exact) mass is 401 g/mol. The fourth-order valence-electron chi connectivity index (χ4n) is 4.59. The third kappa shape index (κ3) is 3.43. The van der Waals surface area contributed by atoms with Crippen molar-refractivity contribution in [3.63, 3.8) is 0 Å². The number of anilines is 1. The zero-order valence-corrected chi connectivity index (χ0v) is 17.3. The van der Waals surface area contributed by atoms with Crippen LogP contribution in [-0.4, -0.2) is 40.1 Å². The maximum atomic E-state index is 12.9. The molecule has 154 valence electrons. The first-order valence-corrected chi connectivity index (χ1v) is 10.7. The second kappa shape index (κ2) is 7.86. The molecule has 4 aromatic rings. The second-order valence-electron chi connectivity index (χ2n) is 8.15. The van der Waals surface area contributed by atoms with Gasteiger partial charge in [-0.1, -0.05) is 30.3 Å². The first-order chi connectivity index (χ1) is 14.7. The van der Waals surface area contributed by atoms with Crippen LogP contribution in [0.15, 0.2) is 54.7 Å². The smallest absolute Gasteiger partial charge is 0.224 e. The molecule has 3 heterocycles. The van der Waals surface area contributed by atoms with Crippen molar-refractivity contribution in [1.82, 2.24) is 19.9 Å². The summed E-state index contributed by atoms with van der Waals surface area (Å²) in [6, 6.07) is 16.5. The van der Waals surface area contributed by atoms with Crippen LogP contribution in [0, 0.1) is 5.92 Å². The fourth-order valence-corrected chi connectivity index (χ4v) is 4.59. The molecule has 0 radical (unpaired) electrons. The number of carbonyl (C=O) groups excluding carboxylic acids is 1. The Hall–Kier alpha value is -3.28. The molecule has 1 fully saturated rings. The van der Waals surface area contributed by atoms with Crippen molar-refractivity contribution >= 4 is 33.8 Å². The number of H-pyrrole nitrogens is 1. The lowest BCUT2D eigenvalue weighted by Gasteiger charge is -2.32. The summed E-state index contributed by atoms with van der Waals surface area (Å²) in [4.78, 5) is 23.2. The van der Waals surface area contributed by atoms with Crippen molar-refractivity contribution < 1.29 is 4.79 Å². The van der Waals surface area contributed by atoms with Crippen molar-refractivity contribution in [2.45, 2.75) is 19.3 Å². The predicted octanol–water partition coefficient (Wildman–Crippen LogP) is 3.63. The van der Waals surface area contributed by atoms with Crippen LogP contribution in [-0.2, 0) is 18.3 Å². The summed E-state index contributed by atoms with van der Waals surface area (Å²) in [6.07, 6.45) is 4.81. The highest BCUT2D eigenvalue weighted by atomic mass is 16.1. The van der Waals surface area contributed by atoms with Gasteiger partial charge in [0.1, 0.15) is 0 Å². The van der Waals surface area contributed by atoms with Crippen LogP contribution in [0.25, 0.3) is 21.9 Å². The largest absolute Gasteiger partial charge is 0.361 e. The number of carbonyl (C=O) groups is 1. The van der Waals surface area contributed by atoms with Gasteiger partial charge in [-0.25, -0.2) is 4.98 Å². The summed E-state index contributed by atoms with van der Waals surface area (Å²) in [5, 5.41) is 4.40. The number of imidazole rings is 1. The van der Waals surface area contributed by atoms with E-state index in [1.54, 1.807) is 0 Å². The van der Waals surface area contributed by atoms with Crippen molar-refractivity contribution in [1.29, 1.82) is 0 Å². The van der Waals surface area contributed by atoms with Gasteiger partial charge in [0, 0.05) is 43.8 Å². The third-order valence-electron chi connectivity index (χ3n) is 6.21. The Morgan fingerprint density at radius 3 is 2.93 bits per heavy atom. The Morgan fingerprint density at radius 2 is 2.03 bits per heavy atom. The molecule has 1 atom stereocenters. The number of rotatable bonds is 5. The number of benzene rings is 2. The van der Waals surface area contributed by atoms with Crippen LogP contribution in [0.3, 0.4) is 0 Å². The van der Waals surface area contributed by atoms with Crippen molar-refractivity contribution in [3.8, 4) is 0 Å². The minimum Gasteiger partial charge on any atom is -0.361 e. The lowest BCUT2D eigenvalue weighted by atomic mass is 9.97. The predicted molar refractivity (Wildman–Crippen MR) is 121 cm³/mol. The summed E-state index contributed by atoms with van der Waals surface area (Å²) in [5.41, 5.74) is 4.51. The van der Waals surface area contributed by atoms with E-state index in [0.29, 0.717) is 6.54 Å². The number of para-hydroxylation sites is 3. The molecule has 1 aliphatic rings. The van der Waals surface area contributed by atoms with E-state index in [4.69, 9.17) is 4.98 Å². The summed E-state index contributed by atoms with van der Waals surface area (Å²) in [6.45, 7) is 2.32. The van der Waals surface area contributed by atoms with Gasteiger partial charge in [0.15, 0.2) is 0 Å². The minimum absolute atomic E-state index is 0.00142. The van der Waals surface area contributed by atoms with Crippen LogP contribution in [0.4, 0.5) is 5.95 Å². The first-order valence-electron chi connectivity index (χ1n) is 10.7. The first kappa shape index (κ1) is 18.7. The number of nitrogens with zero attached hydrogens (tertiary/aromatic N) is 3. The number of aryl methyl sites for hydroxylation is 1. The van der Waals surface area contributed by atoms with Gasteiger partial charge >= 0.3 is 0 Å². The highest BCUT2D eigenvalue weighted by Crippen LogP contribution is 2.26. The molecule has 30 heavy (non-hydrogen) atoms. The van der Waals surface area contributed by atoms with E-state index < -0.39 is 0 Å². The quantitative estimate of drug-likeness (QED) is 0.537. The number of fused-ring (bicyclic) bond motifs is 2. The van der Waals surface area contributed by atoms with E-state index in [9.17, 15) is 4.79 Å². The number of aromatic amines is 1. The SMILES string of the molecule is Cn1c(N2CCCC(C(=O)NCCc3c[nH]c4ccccc34)C2)nc2ccccc21. The number of amides is 1. The summed E-state index contributed by atoms with van der Waals surface area (Å²) < 4.78 is 2.13. The van der Waals surface area contributed by atoms with E-state index in [1.165, 1.54) is 10.9 Å². The normalized spacial score (nSPS) is 17.0. The number of piperidine rings is 1. The van der Waals surface area contributed by atoms with Crippen LogP contribution < -0.4 is 10.2 Å². The van der Waals surface area contributed by atoms with E-state index >= 15 is 0 Å². The van der Waals surface area contributed by atoms with Crippen LogP contribution in [0.5, 0.6) is 0 Å². The number of hydrogen-bond donors (Lipinski definition) is 2. The van der Waals surface area contributed by atoms with Crippen molar-refractivity contribution in [2.24, 2.45) is 13.0 Å². The highest BCUT2D eigenvalue weighted by Gasteiger charge is 2.28. The molecule has 6 heteroatoms. The zero-order valence-electron chi connectivity index (χ0n) is 17.3. The number of aromatic nitrogens is 3. The van der Waals surface area contributed by atoms with E-state index in [1.807, 2.05) is 30.5 Å². The fraction of sp³-hybridized carbons (Fsp3) is 0.333. The summed E-state index contributed by atoms with van der Waals surface area (Å²) in [5.74, 6) is 1.10. The Kier molecular flexibility index (Phi) is 4.91. The molecular weight excluding hydrogens is 374 g/mol. The van der Waals surface area contributed by atoms with Crippen LogP contribution in [0.2, 0.25) is 0 Å². The van der Waals surface area contributed by atoms with Crippen molar-refractivity contribution in [2.75, 3.05) is 24.5 Å². The van der Waals surface area contributed by atoms with Crippen molar-refractivity contribution in [3.05, 3.63) is 60.3 Å². The zero-order chi connectivity index (χ0) is 20.5. The van der Waals surface area contributed by atoms with Gasteiger partial charge in [0.25, 0.3) is 0 Å². The molecule has 2 N–H and O–H groups in total. The maximum Gasteiger partial charge on any atom is 0.224 e. The van der Waals surface area contributed by atoms with Gasteiger partial charge in [-0.3, -0.25) is 4.79 Å². The third-order valence-corrected chi connectivity index (χ3v) is 6.21. The summed E-state index contributed by atoms with van der Waals surface area (Å²) >= 11 is 0. The van der Waals surface area contributed by atoms with Gasteiger partial charge < -0.3 is 19.8 Å². The Bertz CT molecular complexity index is 1190. The number of nitrogens with one attached hydrogen (secondary N) is 2. The molecular formula is C24H27N5O. The van der Waals surface area contributed by atoms with E-state index in [2.05, 4.69) is 51.1 Å². The van der Waals surface area contributed by atoms with Gasteiger partial charge in [0.05, 0.1) is 17.0 Å². The summed E-state index contributed by atoms with van der Waals surface area (Å²) in [7, 11) is 2.05. The van der Waals surface area contributed by atoms with E-state index in [0.717, 1.165) is 54.9 Å². The minimum atomic E-state index is 0.00142. The Balaban J connectivity index is 1.22. The van der Waals surface area contributed by atoms with Crippen LogP contribution >= 0.6 is 0 Å². The van der Waals surface area contributed by atoms with Gasteiger partial charge in [-0.2, -0.15) is 0 Å². The number of hydrogen-bond acceptors (Lipinski definition) is 3. The lowest BCUT2D eigenvalue weighted by Crippen LogP contribution is -2.44. The highest BCUT2D eigenvalue weighted by molar-refractivity contribution is 5.83. The molecule has 0 spiro atoms. The second-order valence-corrected chi connectivity index (χ2v) is 8.15. The van der Waals surface area contributed by atoms with E-state index in [-0.39, 0.29) is 11.8 Å². The Morgan fingerprint density at radius 1 is 1.20 bits per heavy atom. The molecule has 0 saturated carbocycles. The molecule has 0 bridgehead atoms. The molecule has 2 aromatic heterocycles. The molecule has 1 amide bonds. The van der Waals surface area contributed by atoms with Gasteiger partial charge in [-0.15, -0.1) is 0 Å². The van der Waals surface area contributed by atoms with Gasteiger partial charge in [0.2, 0.25) is 11.9 Å². The average Bonchev–Trinajstić information content (AvgIpc) is 3.35. The average molecular weight is 402 g/mol. The maximum absolute atomic E-state index is 12.9. The molecule has 6 nitrogen and oxygen atoms in total. The standard InChI is InChI=1S/C24H27N5O/c1-28-22-11-5-4-10-21(22)27-24(28)29-14-6-7-18(16-29)23(30)25-13-12-17-15-26-20-9-3-2-8-19(17)20/h2-5,8-11,15,18,26H,6-7,12-14,16H2,1H3,(H,25,30). The molecule has 1 unspecified atom stereocenters. The molecule has 0 aliphatic carbocycles. The Labute approximate surface area is 175 Å². The molecule has 1 aliphatic heterocycles. The topological polar surface area (TPSA) is 66.0 Å². The lowest BCUT2D eigenvalue weighted by molar-refractivity contribution is -0.125. The molecule has 5 rings (SSSR count). The van der Waals surface area contributed by atoms with Crippen LogP contribution in [0.1, 0.15) is 18.4 Å². The molecule has 1 saturated heterocycles.